The number of thiol groups is 1. The second-order valence-corrected chi connectivity index (χ2v) is 7.80. The summed E-state index contributed by atoms with van der Waals surface area (Å²) in [5.41, 5.74) is 2.81. The average molecular weight is 466 g/mol. The predicted octanol–water partition coefficient (Wildman–Crippen LogP) is 4.14. The van der Waals surface area contributed by atoms with Crippen LogP contribution in [0.4, 0.5) is 0 Å². The summed E-state index contributed by atoms with van der Waals surface area (Å²) in [5.74, 6) is 9.12. The van der Waals surface area contributed by atoms with E-state index in [9.17, 15) is 4.79 Å². The molecule has 1 atom stereocenters. The van der Waals surface area contributed by atoms with E-state index in [1.807, 2.05) is 43.3 Å². The number of carbonyl (C=O) groups excluding carboxylic acids is 1. The van der Waals surface area contributed by atoms with Crippen molar-refractivity contribution in [3.63, 3.8) is 0 Å². The van der Waals surface area contributed by atoms with Crippen LogP contribution >= 0.6 is 12.6 Å². The van der Waals surface area contributed by atoms with Gasteiger partial charge >= 0.3 is 0 Å². The summed E-state index contributed by atoms with van der Waals surface area (Å²) < 4.78 is 16.7. The monoisotopic (exact) mass is 465 g/mol. The SMILES string of the molecule is C#CCOc1ccc(CCNC(=O)C(S)(OCC#CCC)c2ccc(CC)cc2)cc1OC. The molecule has 2 rings (SSSR count). The Morgan fingerprint density at radius 1 is 1.06 bits per heavy atom. The molecule has 33 heavy (non-hydrogen) atoms. The number of amides is 1. The Kier molecular flexibility index (Phi) is 10.7. The molecule has 1 unspecified atom stereocenters. The Bertz CT molecular complexity index is 1020. The molecule has 0 saturated carbocycles. The maximum atomic E-state index is 13.1. The Balaban J connectivity index is 2.09. The van der Waals surface area contributed by atoms with E-state index in [4.69, 9.17) is 20.6 Å². The molecule has 0 aliphatic heterocycles. The summed E-state index contributed by atoms with van der Waals surface area (Å²) in [6.45, 7) is 4.70. The van der Waals surface area contributed by atoms with Gasteiger partial charge < -0.3 is 19.5 Å². The lowest BCUT2D eigenvalue weighted by Gasteiger charge is -2.27. The minimum atomic E-state index is -1.45. The summed E-state index contributed by atoms with van der Waals surface area (Å²) in [7, 11) is 1.57. The van der Waals surface area contributed by atoms with Crippen LogP contribution in [0.15, 0.2) is 42.5 Å². The van der Waals surface area contributed by atoms with Gasteiger partial charge in [-0.2, -0.15) is 0 Å². The van der Waals surface area contributed by atoms with Crippen molar-refractivity contribution in [2.75, 3.05) is 26.9 Å². The summed E-state index contributed by atoms with van der Waals surface area (Å²) in [4.78, 5) is 11.7. The van der Waals surface area contributed by atoms with Crippen LogP contribution in [0.2, 0.25) is 0 Å². The van der Waals surface area contributed by atoms with Crippen LogP contribution < -0.4 is 14.8 Å². The summed E-state index contributed by atoms with van der Waals surface area (Å²) in [6, 6.07) is 13.3. The molecule has 174 valence electrons. The number of carbonyl (C=O) groups is 1. The molecule has 1 amide bonds. The van der Waals surface area contributed by atoms with Crippen molar-refractivity contribution >= 4 is 18.5 Å². The minimum Gasteiger partial charge on any atom is -0.493 e. The second-order valence-electron chi connectivity index (χ2n) is 7.17. The fourth-order valence-corrected chi connectivity index (χ4v) is 3.40. The fourth-order valence-electron chi connectivity index (χ4n) is 3.11. The Labute approximate surface area is 202 Å². The highest BCUT2D eigenvalue weighted by Crippen LogP contribution is 2.31. The van der Waals surface area contributed by atoms with E-state index < -0.39 is 4.93 Å². The molecule has 0 aliphatic carbocycles. The van der Waals surface area contributed by atoms with Gasteiger partial charge in [-0.05, 0) is 36.1 Å². The average Bonchev–Trinajstić information content (AvgIpc) is 2.85. The van der Waals surface area contributed by atoms with E-state index in [0.717, 1.165) is 18.4 Å². The van der Waals surface area contributed by atoms with Crippen LogP contribution in [0.3, 0.4) is 0 Å². The van der Waals surface area contributed by atoms with Crippen LogP contribution in [-0.4, -0.2) is 32.8 Å². The van der Waals surface area contributed by atoms with Gasteiger partial charge in [0.25, 0.3) is 5.91 Å². The largest absolute Gasteiger partial charge is 0.493 e. The van der Waals surface area contributed by atoms with Gasteiger partial charge in [0, 0.05) is 18.5 Å². The molecular formula is C27H31NO4S. The first-order valence-electron chi connectivity index (χ1n) is 10.9. The van der Waals surface area contributed by atoms with Gasteiger partial charge in [-0.3, -0.25) is 4.79 Å². The number of rotatable bonds is 11. The second kappa shape index (κ2) is 13.5. The van der Waals surface area contributed by atoms with Crippen molar-refractivity contribution in [1.29, 1.82) is 0 Å². The number of hydrogen-bond donors (Lipinski definition) is 2. The first-order valence-corrected chi connectivity index (χ1v) is 11.4. The van der Waals surface area contributed by atoms with E-state index >= 15 is 0 Å². The minimum absolute atomic E-state index is 0.108. The zero-order valence-electron chi connectivity index (χ0n) is 19.4. The van der Waals surface area contributed by atoms with E-state index in [1.165, 1.54) is 5.56 Å². The number of terminal acetylenes is 1. The molecule has 6 heteroatoms. The van der Waals surface area contributed by atoms with Crippen LogP contribution in [0, 0.1) is 24.2 Å². The maximum Gasteiger partial charge on any atom is 0.267 e. The Morgan fingerprint density at radius 3 is 2.42 bits per heavy atom. The molecule has 0 spiro atoms. The zero-order valence-corrected chi connectivity index (χ0v) is 20.3. The molecule has 2 aromatic rings. The Hall–Kier alpha value is -3.06. The highest BCUT2D eigenvalue weighted by Gasteiger charge is 2.37. The first-order chi connectivity index (χ1) is 16.0. The van der Waals surface area contributed by atoms with Gasteiger partial charge in [0.1, 0.15) is 13.2 Å². The molecule has 0 fully saturated rings. The van der Waals surface area contributed by atoms with Gasteiger partial charge in [0.2, 0.25) is 4.93 Å². The number of methoxy groups -OCH3 is 1. The normalized spacial score (nSPS) is 12.0. The third-order valence-corrected chi connectivity index (χ3v) is 5.54. The Morgan fingerprint density at radius 2 is 1.79 bits per heavy atom. The van der Waals surface area contributed by atoms with Crippen molar-refractivity contribution < 1.29 is 19.0 Å². The number of ether oxygens (including phenoxy) is 3. The van der Waals surface area contributed by atoms with Crippen LogP contribution in [0.25, 0.3) is 0 Å². The predicted molar refractivity (Wildman–Crippen MR) is 135 cm³/mol. The molecule has 0 saturated heterocycles. The van der Waals surface area contributed by atoms with Crippen molar-refractivity contribution in [2.24, 2.45) is 0 Å². The zero-order chi connectivity index (χ0) is 24.1. The third kappa shape index (κ3) is 7.49. The summed E-state index contributed by atoms with van der Waals surface area (Å²) in [5, 5.41) is 2.94. The van der Waals surface area contributed by atoms with E-state index in [1.54, 1.807) is 13.2 Å². The fraction of sp³-hybridized carbons (Fsp3) is 0.370. The van der Waals surface area contributed by atoms with Crippen LogP contribution in [0.1, 0.15) is 37.0 Å². The van der Waals surface area contributed by atoms with Crippen molar-refractivity contribution in [1.82, 2.24) is 5.32 Å². The number of aryl methyl sites for hydroxylation is 1. The summed E-state index contributed by atoms with van der Waals surface area (Å²) in [6.07, 6.45) is 7.46. The lowest BCUT2D eigenvalue weighted by atomic mass is 10.0. The number of benzene rings is 2. The topological polar surface area (TPSA) is 56.8 Å². The van der Waals surface area contributed by atoms with E-state index in [0.29, 0.717) is 30.0 Å². The molecule has 0 aliphatic rings. The third-order valence-electron chi connectivity index (χ3n) is 4.95. The standard InChI is InChI=1S/C27H31NO4S/c1-5-8-9-19-32-27(33,23-13-10-21(7-3)11-14-23)26(29)28-17-16-22-12-15-24(31-18-6-2)25(20-22)30-4/h2,10-15,20,33H,5,7,16-19H2,1,3-4H3,(H,28,29). The van der Waals surface area contributed by atoms with E-state index in [-0.39, 0.29) is 19.1 Å². The van der Waals surface area contributed by atoms with Crippen molar-refractivity contribution in [3.8, 4) is 35.7 Å². The van der Waals surface area contributed by atoms with Crippen LogP contribution in [0.5, 0.6) is 11.5 Å². The lowest BCUT2D eigenvalue weighted by Crippen LogP contribution is -2.43. The van der Waals surface area contributed by atoms with Gasteiger partial charge in [-0.25, -0.2) is 0 Å². The van der Waals surface area contributed by atoms with Gasteiger partial charge in [-0.1, -0.05) is 56.0 Å². The molecular weight excluding hydrogens is 434 g/mol. The molecule has 5 nitrogen and oxygen atoms in total. The van der Waals surface area contributed by atoms with Crippen molar-refractivity contribution in [2.45, 2.75) is 38.0 Å². The smallest absolute Gasteiger partial charge is 0.267 e. The molecule has 0 aromatic heterocycles. The van der Waals surface area contributed by atoms with Crippen molar-refractivity contribution in [3.05, 3.63) is 59.2 Å². The first kappa shape index (κ1) is 26.2. The molecule has 1 N–H and O–H groups in total. The summed E-state index contributed by atoms with van der Waals surface area (Å²) >= 11 is 4.65. The number of nitrogens with one attached hydrogen (secondary N) is 1. The highest BCUT2D eigenvalue weighted by atomic mass is 32.1. The lowest BCUT2D eigenvalue weighted by molar-refractivity contribution is -0.135. The van der Waals surface area contributed by atoms with Gasteiger partial charge in [-0.15, -0.1) is 25.0 Å². The molecule has 0 bridgehead atoms. The molecule has 2 aromatic carbocycles. The highest BCUT2D eigenvalue weighted by molar-refractivity contribution is 7.82. The van der Waals surface area contributed by atoms with Crippen LogP contribution in [-0.2, 0) is 27.3 Å². The maximum absolute atomic E-state index is 13.1. The van der Waals surface area contributed by atoms with Gasteiger partial charge in [0.05, 0.1) is 7.11 Å². The number of hydrogen-bond acceptors (Lipinski definition) is 5. The quantitative estimate of drug-likeness (QED) is 0.298. The van der Waals surface area contributed by atoms with Gasteiger partial charge in [0.15, 0.2) is 11.5 Å². The van der Waals surface area contributed by atoms with E-state index in [2.05, 4.69) is 42.6 Å². The molecule has 0 heterocycles. The molecule has 0 radical (unpaired) electrons.